The van der Waals surface area contributed by atoms with E-state index < -0.39 is 10.0 Å². The molecule has 0 bridgehead atoms. The molecular formula is C14H17ClN2O2S2. The molecular weight excluding hydrogens is 328 g/mol. The average molecular weight is 345 g/mol. The van der Waals surface area contributed by atoms with E-state index in [2.05, 4.69) is 4.72 Å². The van der Waals surface area contributed by atoms with Crippen LogP contribution in [0.3, 0.4) is 0 Å². The molecule has 7 heteroatoms. The fourth-order valence-electron chi connectivity index (χ4n) is 1.92. The number of nitrogens with two attached hydrogens (primary N) is 1. The number of benzene rings is 1. The molecule has 2 aromatic rings. The predicted octanol–water partition coefficient (Wildman–Crippen LogP) is 2.94. The van der Waals surface area contributed by atoms with Crippen molar-refractivity contribution in [3.8, 4) is 0 Å². The summed E-state index contributed by atoms with van der Waals surface area (Å²) < 4.78 is 27.9. The van der Waals surface area contributed by atoms with Crippen LogP contribution in [0, 0.1) is 0 Å². The third-order valence-electron chi connectivity index (χ3n) is 3.02. The van der Waals surface area contributed by atoms with Gasteiger partial charge in [-0.05, 0) is 49.7 Å². The Labute approximate surface area is 134 Å². The largest absolute Gasteiger partial charge is 0.330 e. The molecule has 114 valence electrons. The minimum atomic E-state index is -3.55. The van der Waals surface area contributed by atoms with Gasteiger partial charge < -0.3 is 5.73 Å². The van der Waals surface area contributed by atoms with Gasteiger partial charge in [-0.3, -0.25) is 0 Å². The SMILES string of the molecule is CC(NS(=O)(=O)c1ccc(CCN)cc1)c1ccc(Cl)s1. The van der Waals surface area contributed by atoms with E-state index in [1.54, 1.807) is 37.3 Å². The lowest BCUT2D eigenvalue weighted by molar-refractivity contribution is 0.568. The van der Waals surface area contributed by atoms with Crippen LogP contribution in [0.1, 0.15) is 23.4 Å². The molecule has 1 atom stereocenters. The van der Waals surface area contributed by atoms with Gasteiger partial charge in [0, 0.05) is 4.88 Å². The Morgan fingerprint density at radius 3 is 2.43 bits per heavy atom. The minimum absolute atomic E-state index is 0.248. The van der Waals surface area contributed by atoms with Crippen molar-refractivity contribution in [1.29, 1.82) is 0 Å². The van der Waals surface area contributed by atoms with Gasteiger partial charge in [-0.15, -0.1) is 11.3 Å². The highest BCUT2D eigenvalue weighted by molar-refractivity contribution is 7.89. The van der Waals surface area contributed by atoms with Crippen LogP contribution in [0.5, 0.6) is 0 Å². The first-order chi connectivity index (χ1) is 9.92. The van der Waals surface area contributed by atoms with E-state index in [4.69, 9.17) is 17.3 Å². The first-order valence-electron chi connectivity index (χ1n) is 6.49. The van der Waals surface area contributed by atoms with Gasteiger partial charge in [-0.25, -0.2) is 13.1 Å². The van der Waals surface area contributed by atoms with Crippen molar-refractivity contribution in [2.24, 2.45) is 5.73 Å². The Morgan fingerprint density at radius 1 is 1.24 bits per heavy atom. The van der Waals surface area contributed by atoms with Gasteiger partial charge in [0.25, 0.3) is 0 Å². The molecule has 0 radical (unpaired) electrons. The van der Waals surface area contributed by atoms with E-state index in [1.165, 1.54) is 11.3 Å². The first kappa shape index (κ1) is 16.5. The van der Waals surface area contributed by atoms with E-state index in [0.29, 0.717) is 10.9 Å². The molecule has 0 aliphatic carbocycles. The van der Waals surface area contributed by atoms with Crippen LogP contribution < -0.4 is 10.5 Å². The fourth-order valence-corrected chi connectivity index (χ4v) is 4.28. The highest BCUT2D eigenvalue weighted by atomic mass is 35.5. The summed E-state index contributed by atoms with van der Waals surface area (Å²) in [4.78, 5) is 1.13. The summed E-state index contributed by atoms with van der Waals surface area (Å²) in [5.41, 5.74) is 6.50. The van der Waals surface area contributed by atoms with Crippen molar-refractivity contribution >= 4 is 33.0 Å². The van der Waals surface area contributed by atoms with Gasteiger partial charge in [0.15, 0.2) is 0 Å². The Kier molecular flexibility index (Phi) is 5.40. The maximum absolute atomic E-state index is 12.3. The normalized spacial score (nSPS) is 13.3. The van der Waals surface area contributed by atoms with Crippen LogP contribution in [0.2, 0.25) is 4.34 Å². The molecule has 1 aromatic heterocycles. The summed E-state index contributed by atoms with van der Waals surface area (Å²) in [7, 11) is -3.55. The molecule has 0 spiro atoms. The molecule has 3 N–H and O–H groups in total. The average Bonchev–Trinajstić information content (AvgIpc) is 2.86. The molecule has 0 fully saturated rings. The fraction of sp³-hybridized carbons (Fsp3) is 0.286. The lowest BCUT2D eigenvalue weighted by Crippen LogP contribution is -2.26. The lowest BCUT2D eigenvalue weighted by Gasteiger charge is -2.13. The topological polar surface area (TPSA) is 72.2 Å². The van der Waals surface area contributed by atoms with Crippen LogP contribution in [0.15, 0.2) is 41.3 Å². The second-order valence-electron chi connectivity index (χ2n) is 4.67. The molecule has 21 heavy (non-hydrogen) atoms. The summed E-state index contributed by atoms with van der Waals surface area (Å²) in [6.07, 6.45) is 0.734. The molecule has 0 aliphatic rings. The second kappa shape index (κ2) is 6.89. The zero-order valence-corrected chi connectivity index (χ0v) is 13.9. The van der Waals surface area contributed by atoms with Crippen molar-refractivity contribution in [3.63, 3.8) is 0 Å². The first-order valence-corrected chi connectivity index (χ1v) is 9.16. The number of halogens is 1. The van der Waals surface area contributed by atoms with Gasteiger partial charge in [-0.2, -0.15) is 0 Å². The molecule has 0 amide bonds. The Balaban J connectivity index is 2.14. The van der Waals surface area contributed by atoms with Crippen LogP contribution in [-0.2, 0) is 16.4 Å². The van der Waals surface area contributed by atoms with Crippen LogP contribution >= 0.6 is 22.9 Å². The van der Waals surface area contributed by atoms with Gasteiger partial charge in [-0.1, -0.05) is 23.7 Å². The standard InChI is InChI=1S/C14H17ClN2O2S2/c1-10(13-6-7-14(15)20-13)17-21(18,19)12-4-2-11(3-5-12)8-9-16/h2-7,10,17H,8-9,16H2,1H3. The van der Waals surface area contributed by atoms with Crippen LogP contribution in [0.4, 0.5) is 0 Å². The highest BCUT2D eigenvalue weighted by Crippen LogP contribution is 2.27. The summed E-state index contributed by atoms with van der Waals surface area (Å²) in [5.74, 6) is 0. The quantitative estimate of drug-likeness (QED) is 0.846. The maximum atomic E-state index is 12.3. The second-order valence-corrected chi connectivity index (χ2v) is 8.13. The van der Waals surface area contributed by atoms with Crippen molar-refractivity contribution in [2.45, 2.75) is 24.3 Å². The highest BCUT2D eigenvalue weighted by Gasteiger charge is 2.19. The number of hydrogen-bond acceptors (Lipinski definition) is 4. The van der Waals surface area contributed by atoms with E-state index in [1.807, 2.05) is 6.07 Å². The number of thiophene rings is 1. The zero-order valence-electron chi connectivity index (χ0n) is 11.5. The van der Waals surface area contributed by atoms with Crippen LogP contribution in [0.25, 0.3) is 0 Å². The molecule has 1 heterocycles. The number of hydrogen-bond donors (Lipinski definition) is 2. The molecule has 1 unspecified atom stereocenters. The molecule has 4 nitrogen and oxygen atoms in total. The molecule has 0 saturated heterocycles. The molecule has 2 rings (SSSR count). The molecule has 0 saturated carbocycles. The molecule has 1 aromatic carbocycles. The van der Waals surface area contributed by atoms with E-state index >= 15 is 0 Å². The summed E-state index contributed by atoms with van der Waals surface area (Å²) in [6.45, 7) is 2.34. The number of rotatable bonds is 6. The third kappa shape index (κ3) is 4.28. The monoisotopic (exact) mass is 344 g/mol. The Hall–Kier alpha value is -0.920. The van der Waals surface area contributed by atoms with Crippen molar-refractivity contribution in [3.05, 3.63) is 51.2 Å². The van der Waals surface area contributed by atoms with Gasteiger partial charge in [0.2, 0.25) is 10.0 Å². The van der Waals surface area contributed by atoms with Crippen molar-refractivity contribution in [2.75, 3.05) is 6.54 Å². The third-order valence-corrected chi connectivity index (χ3v) is 5.99. The molecule has 0 aliphatic heterocycles. The summed E-state index contributed by atoms with van der Waals surface area (Å²) in [5, 5.41) is 0. The Morgan fingerprint density at radius 2 is 1.90 bits per heavy atom. The van der Waals surface area contributed by atoms with Crippen LogP contribution in [-0.4, -0.2) is 15.0 Å². The van der Waals surface area contributed by atoms with Crippen molar-refractivity contribution < 1.29 is 8.42 Å². The van der Waals surface area contributed by atoms with E-state index in [-0.39, 0.29) is 10.9 Å². The maximum Gasteiger partial charge on any atom is 0.241 e. The Bertz CT molecular complexity index is 696. The minimum Gasteiger partial charge on any atom is -0.330 e. The smallest absolute Gasteiger partial charge is 0.241 e. The van der Waals surface area contributed by atoms with Crippen molar-refractivity contribution in [1.82, 2.24) is 4.72 Å². The lowest BCUT2D eigenvalue weighted by atomic mass is 10.2. The number of nitrogens with one attached hydrogen (secondary N) is 1. The van der Waals surface area contributed by atoms with Gasteiger partial charge in [0.05, 0.1) is 15.3 Å². The van der Waals surface area contributed by atoms with Gasteiger partial charge in [0.1, 0.15) is 0 Å². The predicted molar refractivity (Wildman–Crippen MR) is 87.3 cm³/mol. The van der Waals surface area contributed by atoms with E-state index in [9.17, 15) is 8.42 Å². The summed E-state index contributed by atoms with van der Waals surface area (Å²) in [6, 6.07) is 10.0. The number of sulfonamides is 1. The van der Waals surface area contributed by atoms with Gasteiger partial charge >= 0.3 is 0 Å². The zero-order chi connectivity index (χ0) is 15.5. The summed E-state index contributed by atoms with van der Waals surface area (Å²) >= 11 is 7.24. The van der Waals surface area contributed by atoms with E-state index in [0.717, 1.165) is 16.9 Å².